The molecule has 0 spiro atoms. The number of carbonyl (C=O) groups is 3. The lowest BCUT2D eigenvalue weighted by atomic mass is 9.83. The van der Waals surface area contributed by atoms with Crippen molar-refractivity contribution in [1.29, 1.82) is 5.26 Å². The normalized spacial score (nSPS) is 22.9. The molecule has 3 aliphatic carbocycles. The third-order valence-electron chi connectivity index (χ3n) is 10.9. The van der Waals surface area contributed by atoms with Gasteiger partial charge in [0.15, 0.2) is 0 Å². The monoisotopic (exact) mass is 785 g/mol. The van der Waals surface area contributed by atoms with Crippen LogP contribution in [0.3, 0.4) is 0 Å². The molecule has 2 aromatic carbocycles. The van der Waals surface area contributed by atoms with Crippen molar-refractivity contribution in [2.24, 2.45) is 23.5 Å². The highest BCUT2D eigenvalue weighted by Gasteiger charge is 2.32. The molecule has 6 N–H and O–H groups in total. The number of benzene rings is 2. The van der Waals surface area contributed by atoms with Crippen molar-refractivity contribution in [3.8, 4) is 6.07 Å². The van der Waals surface area contributed by atoms with Gasteiger partial charge in [0.05, 0.1) is 52.8 Å². The third-order valence-corrected chi connectivity index (χ3v) is 10.9. The molecule has 3 fully saturated rings. The number of pyridine rings is 2. The van der Waals surface area contributed by atoms with E-state index in [1.165, 1.54) is 0 Å². The summed E-state index contributed by atoms with van der Waals surface area (Å²) in [7, 11) is 0. The van der Waals surface area contributed by atoms with Crippen LogP contribution in [0, 0.1) is 29.1 Å². The zero-order valence-corrected chi connectivity index (χ0v) is 33.0. The van der Waals surface area contributed by atoms with Crippen molar-refractivity contribution in [3.63, 3.8) is 0 Å². The van der Waals surface area contributed by atoms with E-state index >= 15 is 0 Å². The van der Waals surface area contributed by atoms with Gasteiger partial charge in [-0.25, -0.2) is 0 Å². The van der Waals surface area contributed by atoms with Gasteiger partial charge in [-0.2, -0.15) is 5.26 Å². The number of carboxylic acids is 1. The Kier molecular flexibility index (Phi) is 17.6. The van der Waals surface area contributed by atoms with Gasteiger partial charge in [0.2, 0.25) is 5.91 Å². The summed E-state index contributed by atoms with van der Waals surface area (Å²) in [4.78, 5) is 43.8. The number of para-hydroxylation sites is 2. The minimum atomic E-state index is -0.699. The molecule has 7 rings (SSSR count). The van der Waals surface area contributed by atoms with Gasteiger partial charge in [-0.05, 0) is 69.7 Å². The average molecular weight is 786 g/mol. The maximum atomic E-state index is 12.3. The van der Waals surface area contributed by atoms with E-state index in [2.05, 4.69) is 25.9 Å². The van der Waals surface area contributed by atoms with Gasteiger partial charge < -0.3 is 31.5 Å². The summed E-state index contributed by atoms with van der Waals surface area (Å²) in [5, 5.41) is 29.8. The number of nitrogens with two attached hydrogens (primary N) is 1. The van der Waals surface area contributed by atoms with E-state index in [1.54, 1.807) is 12.4 Å². The number of aromatic nitrogens is 2. The fraction of sp³-hybridized carbons (Fsp3) is 0.488. The first-order valence-electron chi connectivity index (χ1n) is 19.8. The Morgan fingerprint density at radius 1 is 0.750 bits per heavy atom. The highest BCUT2D eigenvalue weighted by molar-refractivity contribution is 5.91. The molecule has 3 saturated carbocycles. The summed E-state index contributed by atoms with van der Waals surface area (Å²) in [6, 6.07) is 22.0. The average Bonchev–Trinajstić information content (AvgIpc) is 3.21. The van der Waals surface area contributed by atoms with Crippen molar-refractivity contribution in [1.82, 2.24) is 15.3 Å². The Bertz CT molecular complexity index is 1910. The minimum Gasteiger partial charge on any atom is -0.481 e. The number of ether oxygens (including phenoxy) is 1. The maximum absolute atomic E-state index is 12.3. The van der Waals surface area contributed by atoms with Gasteiger partial charge in [-0.3, -0.25) is 24.4 Å². The van der Waals surface area contributed by atoms with Crippen molar-refractivity contribution in [3.05, 3.63) is 73.1 Å². The van der Waals surface area contributed by atoms with Crippen LogP contribution in [0.4, 0.5) is 11.4 Å². The van der Waals surface area contributed by atoms with Crippen LogP contribution >= 0.6 is 12.4 Å². The minimum absolute atomic E-state index is 0. The molecule has 0 bridgehead atoms. The number of halogens is 1. The van der Waals surface area contributed by atoms with Crippen LogP contribution in [0.25, 0.3) is 21.8 Å². The van der Waals surface area contributed by atoms with Gasteiger partial charge in [-0.15, -0.1) is 12.4 Å². The van der Waals surface area contributed by atoms with Crippen LogP contribution in [-0.2, 0) is 19.1 Å². The smallest absolute Gasteiger partial charge is 0.310 e. The van der Waals surface area contributed by atoms with E-state index in [0.29, 0.717) is 6.61 Å². The van der Waals surface area contributed by atoms with Gasteiger partial charge in [0.25, 0.3) is 0 Å². The summed E-state index contributed by atoms with van der Waals surface area (Å²) in [5.41, 5.74) is 9.54. The first kappa shape index (κ1) is 43.7. The van der Waals surface area contributed by atoms with Gasteiger partial charge in [0.1, 0.15) is 6.54 Å². The number of aliphatic carboxylic acids is 1. The summed E-state index contributed by atoms with van der Waals surface area (Å²) < 4.78 is 4.93. The Morgan fingerprint density at radius 3 is 1.75 bits per heavy atom. The van der Waals surface area contributed by atoms with Crippen molar-refractivity contribution in [2.75, 3.05) is 23.8 Å². The topological polar surface area (TPSA) is 192 Å². The van der Waals surface area contributed by atoms with E-state index in [4.69, 9.17) is 15.7 Å². The number of rotatable bonds is 9. The SMILES string of the molecule is CCOC(=O)[C@@H]1CCCC[C@@H]1N.Cl.N#CCNC(=O)C1CCCCC1Nc1cccc2cccnc12.O=C(O)C1CCCCC1Nc1cccc2cccnc12. The molecule has 300 valence electrons. The molecule has 0 radical (unpaired) electrons. The maximum Gasteiger partial charge on any atom is 0.310 e. The highest BCUT2D eigenvalue weighted by atomic mass is 35.5. The zero-order chi connectivity index (χ0) is 39.0. The number of esters is 1. The molecule has 13 heteroatoms. The first-order chi connectivity index (χ1) is 26.8. The Hall–Kier alpha value is -4.99. The largest absolute Gasteiger partial charge is 0.481 e. The van der Waals surface area contributed by atoms with Gasteiger partial charge in [0, 0.05) is 41.3 Å². The van der Waals surface area contributed by atoms with E-state index in [9.17, 15) is 19.5 Å². The second-order valence-electron chi connectivity index (χ2n) is 14.6. The van der Waals surface area contributed by atoms with Crippen molar-refractivity contribution >= 4 is 63.4 Å². The van der Waals surface area contributed by atoms with Crippen LogP contribution in [0.2, 0.25) is 0 Å². The van der Waals surface area contributed by atoms with Crippen LogP contribution in [0.15, 0.2) is 73.1 Å². The Labute approximate surface area is 335 Å². The van der Waals surface area contributed by atoms with Gasteiger partial charge >= 0.3 is 11.9 Å². The van der Waals surface area contributed by atoms with Gasteiger partial charge in [-0.1, -0.05) is 74.9 Å². The molecule has 0 aliphatic heterocycles. The highest BCUT2D eigenvalue weighted by Crippen LogP contribution is 2.31. The third kappa shape index (κ3) is 12.0. The van der Waals surface area contributed by atoms with Crippen molar-refractivity contribution in [2.45, 2.75) is 102 Å². The summed E-state index contributed by atoms with van der Waals surface area (Å²) in [6.45, 7) is 2.35. The number of amides is 1. The summed E-state index contributed by atoms with van der Waals surface area (Å²) in [6.07, 6.45) is 15.4. The van der Waals surface area contributed by atoms with Crippen LogP contribution in [0.5, 0.6) is 0 Å². The Morgan fingerprint density at radius 2 is 1.23 bits per heavy atom. The lowest BCUT2D eigenvalue weighted by molar-refractivity contribution is -0.149. The lowest BCUT2D eigenvalue weighted by Gasteiger charge is -2.32. The van der Waals surface area contributed by atoms with E-state index < -0.39 is 5.97 Å². The summed E-state index contributed by atoms with van der Waals surface area (Å²) in [5.74, 6) is -1.28. The standard InChI is InChI=1S/C18H20N4O.C16H18N2O2.C9H17NO2.ClH/c19-10-12-21-18(23)14-7-1-2-8-15(14)22-16-9-3-5-13-6-4-11-20-17(13)16;19-16(20)12-7-1-2-8-13(12)18-14-9-3-5-11-6-4-10-17-15(11)14;1-2-12-9(11)7-5-3-4-6-8(7)10;/h3-6,9,11,14-15,22H,1-2,7-8,12H2,(H,21,23);3-6,9-10,12-13,18H,1-2,7-8H2,(H,19,20);7-8H,2-6,10H2,1H3;1H/t;;7-,8+;/m..1./s1. The fourth-order valence-electron chi connectivity index (χ4n) is 8.02. The Balaban J connectivity index is 0.000000194. The molecule has 2 aromatic heterocycles. The molecular weight excluding hydrogens is 730 g/mol. The van der Waals surface area contributed by atoms with Crippen LogP contribution in [-0.4, -0.2) is 64.2 Å². The molecule has 1 amide bonds. The number of hydrogen-bond acceptors (Lipinski definition) is 10. The van der Waals surface area contributed by atoms with E-state index in [-0.39, 0.29) is 66.7 Å². The van der Waals surface area contributed by atoms with E-state index in [1.807, 2.05) is 73.7 Å². The second kappa shape index (κ2) is 22.5. The number of nitrogens with one attached hydrogen (secondary N) is 3. The predicted octanol–water partition coefficient (Wildman–Crippen LogP) is 7.62. The van der Waals surface area contributed by atoms with Crippen LogP contribution < -0.4 is 21.7 Å². The number of carbonyl (C=O) groups excluding carboxylic acids is 2. The van der Waals surface area contributed by atoms with Crippen molar-refractivity contribution < 1.29 is 24.2 Å². The quantitative estimate of drug-likeness (QED) is 0.0828. The first-order valence-corrected chi connectivity index (χ1v) is 19.8. The molecule has 0 saturated heterocycles. The number of nitriles is 1. The summed E-state index contributed by atoms with van der Waals surface area (Å²) >= 11 is 0. The molecule has 12 nitrogen and oxygen atoms in total. The number of hydrogen-bond donors (Lipinski definition) is 5. The molecule has 4 aromatic rings. The molecule has 56 heavy (non-hydrogen) atoms. The van der Waals surface area contributed by atoms with Crippen LogP contribution in [0.1, 0.15) is 84.0 Å². The molecule has 3 aliphatic rings. The molecule has 6 atom stereocenters. The predicted molar refractivity (Wildman–Crippen MR) is 222 cm³/mol. The molecule has 2 heterocycles. The molecule has 4 unspecified atom stereocenters. The number of anilines is 2. The molecular formula is C43H56ClN7O5. The zero-order valence-electron chi connectivity index (χ0n) is 32.2. The van der Waals surface area contributed by atoms with E-state index in [0.717, 1.165) is 110 Å². The number of nitrogens with zero attached hydrogens (tertiary/aromatic N) is 3. The lowest BCUT2D eigenvalue weighted by Crippen LogP contribution is -2.43. The number of fused-ring (bicyclic) bond motifs is 2. The fourth-order valence-corrected chi connectivity index (χ4v) is 8.02. The second-order valence-corrected chi connectivity index (χ2v) is 14.6. The number of carboxylic acid groups (broad SMARTS) is 1.